The average molecular weight is 318 g/mol. The average Bonchev–Trinajstić information content (AvgIpc) is 2.59. The summed E-state index contributed by atoms with van der Waals surface area (Å²) in [6, 6.07) is 6.29. The quantitative estimate of drug-likeness (QED) is 0.860. The molecule has 1 fully saturated rings. The van der Waals surface area contributed by atoms with Crippen molar-refractivity contribution in [1.82, 2.24) is 10.2 Å². The fourth-order valence-electron chi connectivity index (χ4n) is 3.00. The number of carboxylic acid groups (broad SMARTS) is 1. The molecule has 2 rings (SSSR count). The van der Waals surface area contributed by atoms with Gasteiger partial charge in [0.2, 0.25) is 11.8 Å². The number of nitrogens with one attached hydrogen (secondary N) is 1. The summed E-state index contributed by atoms with van der Waals surface area (Å²) in [6.45, 7) is 0.581. The van der Waals surface area contributed by atoms with Crippen molar-refractivity contribution in [3.8, 4) is 0 Å². The second kappa shape index (κ2) is 7.76. The summed E-state index contributed by atoms with van der Waals surface area (Å²) in [5.41, 5.74) is 0.864. The van der Waals surface area contributed by atoms with Crippen LogP contribution in [0.2, 0.25) is 0 Å². The van der Waals surface area contributed by atoms with Gasteiger partial charge in [-0.05, 0) is 37.3 Å². The SMILES string of the molecule is CNC(=O)[C@@H]1CCCCN1C(=O)CCc1ccccc1C(=O)O. The minimum atomic E-state index is -0.991. The minimum Gasteiger partial charge on any atom is -0.478 e. The van der Waals surface area contributed by atoms with Gasteiger partial charge in [-0.15, -0.1) is 0 Å². The van der Waals surface area contributed by atoms with Gasteiger partial charge in [-0.3, -0.25) is 9.59 Å². The molecule has 1 atom stereocenters. The molecule has 1 aromatic rings. The molecule has 1 saturated heterocycles. The highest BCUT2D eigenvalue weighted by Gasteiger charge is 2.31. The van der Waals surface area contributed by atoms with Crippen LogP contribution in [0.25, 0.3) is 0 Å². The second-order valence-electron chi connectivity index (χ2n) is 5.68. The molecule has 0 spiro atoms. The first kappa shape index (κ1) is 17.0. The normalized spacial score (nSPS) is 17.6. The number of aromatic carboxylic acids is 1. The third-order valence-corrected chi connectivity index (χ3v) is 4.23. The molecule has 0 saturated carbocycles. The lowest BCUT2D eigenvalue weighted by Crippen LogP contribution is -2.51. The molecule has 0 unspecified atom stereocenters. The van der Waals surface area contributed by atoms with Crippen LogP contribution in [0, 0.1) is 0 Å². The van der Waals surface area contributed by atoms with E-state index in [1.54, 1.807) is 30.1 Å². The Hall–Kier alpha value is -2.37. The smallest absolute Gasteiger partial charge is 0.335 e. The molecular weight excluding hydrogens is 296 g/mol. The Morgan fingerprint density at radius 3 is 2.70 bits per heavy atom. The van der Waals surface area contributed by atoms with E-state index in [0.717, 1.165) is 12.8 Å². The lowest BCUT2D eigenvalue weighted by Gasteiger charge is -2.34. The van der Waals surface area contributed by atoms with Gasteiger partial charge in [0, 0.05) is 20.0 Å². The van der Waals surface area contributed by atoms with Gasteiger partial charge in [0.05, 0.1) is 5.56 Å². The third kappa shape index (κ3) is 4.09. The van der Waals surface area contributed by atoms with Gasteiger partial charge >= 0.3 is 5.97 Å². The van der Waals surface area contributed by atoms with Crippen LogP contribution in [0.5, 0.6) is 0 Å². The van der Waals surface area contributed by atoms with Gasteiger partial charge in [-0.25, -0.2) is 4.79 Å². The molecule has 6 nitrogen and oxygen atoms in total. The molecule has 0 aliphatic carbocycles. The largest absolute Gasteiger partial charge is 0.478 e. The standard InChI is InChI=1S/C17H22N2O4/c1-18-16(21)14-8-4-5-11-19(14)15(20)10-9-12-6-2-3-7-13(12)17(22)23/h2-3,6-7,14H,4-5,8-11H2,1H3,(H,18,21)(H,22,23)/t14-/m0/s1. The van der Waals surface area contributed by atoms with Crippen molar-refractivity contribution in [2.45, 2.75) is 38.1 Å². The second-order valence-corrected chi connectivity index (χ2v) is 5.68. The van der Waals surface area contributed by atoms with Crippen molar-refractivity contribution < 1.29 is 19.5 Å². The van der Waals surface area contributed by atoms with Gasteiger partial charge in [0.25, 0.3) is 0 Å². The van der Waals surface area contributed by atoms with Crippen LogP contribution in [0.4, 0.5) is 0 Å². The number of likely N-dealkylation sites (tertiary alicyclic amines) is 1. The lowest BCUT2D eigenvalue weighted by molar-refractivity contribution is -0.142. The topological polar surface area (TPSA) is 86.7 Å². The highest BCUT2D eigenvalue weighted by molar-refractivity contribution is 5.90. The zero-order valence-electron chi connectivity index (χ0n) is 13.2. The molecule has 0 radical (unpaired) electrons. The van der Waals surface area contributed by atoms with E-state index in [4.69, 9.17) is 0 Å². The van der Waals surface area contributed by atoms with Gasteiger partial charge in [-0.2, -0.15) is 0 Å². The summed E-state index contributed by atoms with van der Waals surface area (Å²) in [7, 11) is 1.57. The maximum absolute atomic E-state index is 12.5. The number of carboxylic acids is 1. The van der Waals surface area contributed by atoms with Crippen LogP contribution < -0.4 is 5.32 Å². The number of nitrogens with zero attached hydrogens (tertiary/aromatic N) is 1. The van der Waals surface area contributed by atoms with E-state index in [1.165, 1.54) is 6.07 Å². The summed E-state index contributed by atoms with van der Waals surface area (Å²) in [5.74, 6) is -1.23. The van der Waals surface area contributed by atoms with E-state index < -0.39 is 12.0 Å². The number of benzene rings is 1. The summed E-state index contributed by atoms with van der Waals surface area (Å²) < 4.78 is 0. The maximum atomic E-state index is 12.5. The van der Waals surface area contributed by atoms with Crippen molar-refractivity contribution in [3.05, 3.63) is 35.4 Å². The number of carbonyl (C=O) groups excluding carboxylic acids is 2. The summed E-state index contributed by atoms with van der Waals surface area (Å²) in [5, 5.41) is 11.8. The van der Waals surface area contributed by atoms with E-state index in [1.807, 2.05) is 0 Å². The molecule has 2 amide bonds. The predicted octanol–water partition coefficient (Wildman–Crippen LogP) is 1.44. The number of amides is 2. The summed E-state index contributed by atoms with van der Waals surface area (Å²) in [6.07, 6.45) is 3.07. The van der Waals surface area contributed by atoms with Crippen molar-refractivity contribution in [1.29, 1.82) is 0 Å². The molecule has 6 heteroatoms. The number of hydrogen-bond acceptors (Lipinski definition) is 3. The molecular formula is C17H22N2O4. The Bertz CT molecular complexity index is 600. The van der Waals surface area contributed by atoms with Crippen LogP contribution in [0.3, 0.4) is 0 Å². The van der Waals surface area contributed by atoms with E-state index in [-0.39, 0.29) is 23.8 Å². The molecule has 1 aromatic carbocycles. The van der Waals surface area contributed by atoms with Crippen LogP contribution >= 0.6 is 0 Å². The number of hydrogen-bond donors (Lipinski definition) is 2. The molecule has 2 N–H and O–H groups in total. The van der Waals surface area contributed by atoms with Crippen molar-refractivity contribution in [3.63, 3.8) is 0 Å². The molecule has 0 bridgehead atoms. The van der Waals surface area contributed by atoms with Crippen molar-refractivity contribution in [2.75, 3.05) is 13.6 Å². The van der Waals surface area contributed by atoms with Crippen LogP contribution in [0.15, 0.2) is 24.3 Å². The van der Waals surface area contributed by atoms with E-state index in [0.29, 0.717) is 24.9 Å². The fourth-order valence-corrected chi connectivity index (χ4v) is 3.00. The van der Waals surface area contributed by atoms with Crippen LogP contribution in [-0.2, 0) is 16.0 Å². The molecule has 1 aliphatic heterocycles. The number of piperidine rings is 1. The van der Waals surface area contributed by atoms with Gasteiger partial charge in [0.15, 0.2) is 0 Å². The Morgan fingerprint density at radius 1 is 1.26 bits per heavy atom. The highest BCUT2D eigenvalue weighted by Crippen LogP contribution is 2.19. The number of carbonyl (C=O) groups is 3. The Kier molecular flexibility index (Phi) is 5.73. The highest BCUT2D eigenvalue weighted by atomic mass is 16.4. The molecule has 124 valence electrons. The zero-order valence-corrected chi connectivity index (χ0v) is 13.2. The van der Waals surface area contributed by atoms with E-state index in [2.05, 4.69) is 5.32 Å². The maximum Gasteiger partial charge on any atom is 0.335 e. The number of rotatable bonds is 5. The lowest BCUT2D eigenvalue weighted by atomic mass is 9.99. The Balaban J connectivity index is 2.04. The third-order valence-electron chi connectivity index (χ3n) is 4.23. The van der Waals surface area contributed by atoms with Gasteiger partial charge < -0.3 is 15.3 Å². The van der Waals surface area contributed by atoms with Crippen LogP contribution in [0.1, 0.15) is 41.6 Å². The van der Waals surface area contributed by atoms with Crippen molar-refractivity contribution >= 4 is 17.8 Å². The first-order chi connectivity index (χ1) is 11.0. The monoisotopic (exact) mass is 318 g/mol. The fraction of sp³-hybridized carbons (Fsp3) is 0.471. The summed E-state index contributed by atoms with van der Waals surface area (Å²) in [4.78, 5) is 37.2. The number of likely N-dealkylation sites (N-methyl/N-ethyl adjacent to an activating group) is 1. The van der Waals surface area contributed by atoms with E-state index in [9.17, 15) is 19.5 Å². The molecule has 23 heavy (non-hydrogen) atoms. The van der Waals surface area contributed by atoms with Gasteiger partial charge in [-0.1, -0.05) is 18.2 Å². The molecule has 1 heterocycles. The molecule has 1 aliphatic rings. The number of aryl methyl sites for hydroxylation is 1. The first-order valence-corrected chi connectivity index (χ1v) is 7.87. The summed E-state index contributed by atoms with van der Waals surface area (Å²) >= 11 is 0. The molecule has 0 aromatic heterocycles. The Labute approximate surface area is 135 Å². The minimum absolute atomic E-state index is 0.0986. The van der Waals surface area contributed by atoms with Crippen LogP contribution in [-0.4, -0.2) is 47.4 Å². The predicted molar refractivity (Wildman–Crippen MR) is 85.1 cm³/mol. The zero-order chi connectivity index (χ0) is 16.8. The van der Waals surface area contributed by atoms with Gasteiger partial charge in [0.1, 0.15) is 6.04 Å². The first-order valence-electron chi connectivity index (χ1n) is 7.87. The van der Waals surface area contributed by atoms with Crippen molar-refractivity contribution in [2.24, 2.45) is 0 Å². The Morgan fingerprint density at radius 2 is 2.00 bits per heavy atom. The van der Waals surface area contributed by atoms with E-state index >= 15 is 0 Å².